The zero-order valence-electron chi connectivity index (χ0n) is 10.3. The van der Waals surface area contributed by atoms with E-state index in [9.17, 15) is 9.90 Å². The summed E-state index contributed by atoms with van der Waals surface area (Å²) >= 11 is 0. The third kappa shape index (κ3) is 3.45. The maximum absolute atomic E-state index is 11.8. The smallest absolute Gasteiger partial charge is 0.270 e. The van der Waals surface area contributed by atoms with Gasteiger partial charge in [0.15, 0.2) is 5.57 Å². The molecule has 0 atom stereocenters. The van der Waals surface area contributed by atoms with Gasteiger partial charge in [-0.3, -0.25) is 4.79 Å². The van der Waals surface area contributed by atoms with Crippen LogP contribution in [0.25, 0.3) is 0 Å². The Hall–Kier alpha value is -3.05. The molecule has 5 heteroatoms. The number of nitrogens with one attached hydrogen (secondary N) is 1. The summed E-state index contributed by atoms with van der Waals surface area (Å²) in [7, 11) is 0. The van der Waals surface area contributed by atoms with E-state index in [1.54, 1.807) is 6.07 Å². The van der Waals surface area contributed by atoms with E-state index in [0.717, 1.165) is 0 Å². The van der Waals surface area contributed by atoms with E-state index in [4.69, 9.17) is 10.5 Å². The predicted octanol–water partition coefficient (Wildman–Crippen LogP) is 2.41. The van der Waals surface area contributed by atoms with Gasteiger partial charge in [0, 0.05) is 5.69 Å². The van der Waals surface area contributed by atoms with Crippen LogP contribution in [0.2, 0.25) is 0 Å². The Balaban J connectivity index is 2.96. The number of hydrogen-bond donors (Lipinski definition) is 2. The molecule has 94 valence electrons. The van der Waals surface area contributed by atoms with Crippen molar-refractivity contribution in [1.82, 2.24) is 0 Å². The van der Waals surface area contributed by atoms with Crippen LogP contribution in [-0.2, 0) is 4.79 Å². The van der Waals surface area contributed by atoms with Crippen LogP contribution >= 0.6 is 0 Å². The molecule has 0 heterocycles. The van der Waals surface area contributed by atoms with Crippen molar-refractivity contribution >= 4 is 11.6 Å². The number of anilines is 1. The lowest BCUT2D eigenvalue weighted by atomic mass is 10.1. The fraction of sp³-hybridized carbons (Fsp3) is 0.0714. The Morgan fingerprint density at radius 1 is 1.32 bits per heavy atom. The van der Waals surface area contributed by atoms with Gasteiger partial charge in [0.05, 0.1) is 11.6 Å². The number of nitriles is 2. The number of carbonyl (C=O) groups excluding carboxylic acids is 1. The molecule has 5 nitrogen and oxygen atoms in total. The number of hydrogen-bond acceptors (Lipinski definition) is 4. The standard InChI is InChI=1S/C14H11N3O2/c1-9(2)13(18)12(8-16)14(19)17-11-5-3-10(7-15)4-6-11/h3-6,18H,1H2,2H3,(H,17,19). The Labute approximate surface area is 110 Å². The SMILES string of the molecule is C=C(C)C(O)=C(C#N)C(=O)Nc1ccc(C#N)cc1. The highest BCUT2D eigenvalue weighted by Gasteiger charge is 2.15. The monoisotopic (exact) mass is 253 g/mol. The summed E-state index contributed by atoms with van der Waals surface area (Å²) in [4.78, 5) is 11.8. The van der Waals surface area contributed by atoms with Crippen molar-refractivity contribution in [3.63, 3.8) is 0 Å². The number of carbonyl (C=O) groups is 1. The van der Waals surface area contributed by atoms with Crippen molar-refractivity contribution < 1.29 is 9.90 Å². The Morgan fingerprint density at radius 2 is 1.89 bits per heavy atom. The molecule has 0 saturated heterocycles. The van der Waals surface area contributed by atoms with Crippen molar-refractivity contribution in [2.45, 2.75) is 6.92 Å². The summed E-state index contributed by atoms with van der Waals surface area (Å²) in [5.41, 5.74) is 0.702. The van der Waals surface area contributed by atoms with Crippen molar-refractivity contribution in [3.05, 3.63) is 53.3 Å². The molecule has 0 unspecified atom stereocenters. The third-order valence-electron chi connectivity index (χ3n) is 2.25. The van der Waals surface area contributed by atoms with E-state index >= 15 is 0 Å². The Kier molecular flexibility index (Phi) is 4.45. The van der Waals surface area contributed by atoms with E-state index in [0.29, 0.717) is 11.3 Å². The van der Waals surface area contributed by atoms with E-state index in [1.807, 2.05) is 6.07 Å². The lowest BCUT2D eigenvalue weighted by molar-refractivity contribution is -0.112. The van der Waals surface area contributed by atoms with Gasteiger partial charge in [-0.2, -0.15) is 10.5 Å². The van der Waals surface area contributed by atoms with Gasteiger partial charge in [-0.25, -0.2) is 0 Å². The second kappa shape index (κ2) is 6.04. The maximum atomic E-state index is 11.8. The van der Waals surface area contributed by atoms with Crippen LogP contribution in [-0.4, -0.2) is 11.0 Å². The van der Waals surface area contributed by atoms with Crippen LogP contribution in [0.5, 0.6) is 0 Å². The van der Waals surface area contributed by atoms with E-state index in [-0.39, 0.29) is 5.57 Å². The summed E-state index contributed by atoms with van der Waals surface area (Å²) < 4.78 is 0. The van der Waals surface area contributed by atoms with Crippen molar-refractivity contribution in [2.75, 3.05) is 5.32 Å². The van der Waals surface area contributed by atoms with Gasteiger partial charge in [-0.05, 0) is 36.8 Å². The number of aliphatic hydroxyl groups is 1. The van der Waals surface area contributed by atoms with Crippen LogP contribution in [0, 0.1) is 22.7 Å². The molecule has 0 saturated carbocycles. The van der Waals surface area contributed by atoms with E-state index in [1.165, 1.54) is 31.2 Å². The topological polar surface area (TPSA) is 96.9 Å². The number of aliphatic hydroxyl groups excluding tert-OH is 1. The largest absolute Gasteiger partial charge is 0.506 e. The van der Waals surface area contributed by atoms with E-state index < -0.39 is 17.2 Å². The molecular weight excluding hydrogens is 242 g/mol. The molecule has 0 spiro atoms. The average molecular weight is 253 g/mol. The van der Waals surface area contributed by atoms with Crippen molar-refractivity contribution in [1.29, 1.82) is 10.5 Å². The van der Waals surface area contributed by atoms with Crippen molar-refractivity contribution in [2.24, 2.45) is 0 Å². The molecule has 1 rings (SSSR count). The number of allylic oxidation sites excluding steroid dienone is 1. The van der Waals surface area contributed by atoms with Gasteiger partial charge in [0.2, 0.25) is 0 Å². The maximum Gasteiger partial charge on any atom is 0.270 e. The average Bonchev–Trinajstić information content (AvgIpc) is 2.40. The normalized spacial score (nSPS) is 10.7. The Morgan fingerprint density at radius 3 is 2.32 bits per heavy atom. The minimum absolute atomic E-state index is 0.228. The second-order valence-corrected chi connectivity index (χ2v) is 3.76. The molecule has 0 aliphatic carbocycles. The fourth-order valence-corrected chi connectivity index (χ4v) is 1.25. The highest BCUT2D eigenvalue weighted by Crippen LogP contribution is 2.13. The minimum Gasteiger partial charge on any atom is -0.506 e. The van der Waals surface area contributed by atoms with Crippen LogP contribution in [0.1, 0.15) is 12.5 Å². The fourth-order valence-electron chi connectivity index (χ4n) is 1.25. The predicted molar refractivity (Wildman–Crippen MR) is 69.9 cm³/mol. The molecule has 0 aromatic heterocycles. The molecule has 0 radical (unpaired) electrons. The van der Waals surface area contributed by atoms with Gasteiger partial charge in [0.1, 0.15) is 11.8 Å². The molecule has 0 aliphatic heterocycles. The van der Waals surface area contributed by atoms with Crippen LogP contribution in [0.3, 0.4) is 0 Å². The third-order valence-corrected chi connectivity index (χ3v) is 2.25. The molecule has 0 bridgehead atoms. The highest BCUT2D eigenvalue weighted by atomic mass is 16.3. The van der Waals surface area contributed by atoms with Gasteiger partial charge in [-0.1, -0.05) is 6.58 Å². The first-order chi connectivity index (χ1) is 8.99. The summed E-state index contributed by atoms with van der Waals surface area (Å²) in [5, 5.41) is 29.5. The molecule has 1 aromatic rings. The van der Waals surface area contributed by atoms with Crippen LogP contribution < -0.4 is 5.32 Å². The zero-order valence-corrected chi connectivity index (χ0v) is 10.3. The first-order valence-corrected chi connectivity index (χ1v) is 5.30. The minimum atomic E-state index is -0.729. The first kappa shape index (κ1) is 14.0. The van der Waals surface area contributed by atoms with Gasteiger partial charge in [-0.15, -0.1) is 0 Å². The van der Waals surface area contributed by atoms with Gasteiger partial charge < -0.3 is 10.4 Å². The molecule has 2 N–H and O–H groups in total. The molecule has 1 amide bonds. The van der Waals surface area contributed by atoms with Gasteiger partial charge >= 0.3 is 0 Å². The van der Waals surface area contributed by atoms with Crippen LogP contribution in [0.15, 0.2) is 47.7 Å². The lowest BCUT2D eigenvalue weighted by Gasteiger charge is -2.06. The van der Waals surface area contributed by atoms with Crippen LogP contribution in [0.4, 0.5) is 5.69 Å². The first-order valence-electron chi connectivity index (χ1n) is 5.30. The molecular formula is C14H11N3O2. The van der Waals surface area contributed by atoms with E-state index in [2.05, 4.69) is 11.9 Å². The zero-order chi connectivity index (χ0) is 14.4. The second-order valence-electron chi connectivity index (χ2n) is 3.76. The Bertz CT molecular complexity index is 628. The number of amides is 1. The number of nitrogens with zero attached hydrogens (tertiary/aromatic N) is 2. The van der Waals surface area contributed by atoms with Crippen molar-refractivity contribution in [3.8, 4) is 12.1 Å². The summed E-state index contributed by atoms with van der Waals surface area (Å²) in [6.45, 7) is 4.95. The molecule has 0 aliphatic rings. The quantitative estimate of drug-likeness (QED) is 0.374. The number of rotatable bonds is 3. The summed E-state index contributed by atoms with van der Waals surface area (Å²) in [6.07, 6.45) is 0. The number of benzene rings is 1. The summed E-state index contributed by atoms with van der Waals surface area (Å²) in [5.74, 6) is -1.17. The molecule has 0 fully saturated rings. The lowest BCUT2D eigenvalue weighted by Crippen LogP contribution is -2.15. The highest BCUT2D eigenvalue weighted by molar-refractivity contribution is 6.07. The molecule has 1 aromatic carbocycles. The van der Waals surface area contributed by atoms with Gasteiger partial charge in [0.25, 0.3) is 5.91 Å². The molecule has 19 heavy (non-hydrogen) atoms. The summed E-state index contributed by atoms with van der Waals surface area (Å²) in [6, 6.07) is 9.70.